The van der Waals surface area contributed by atoms with E-state index in [-0.39, 0.29) is 6.04 Å². The number of benzene rings is 1. The Hall–Kier alpha value is -1.12. The van der Waals surface area contributed by atoms with Gasteiger partial charge in [0.1, 0.15) is 0 Å². The third-order valence-corrected chi connectivity index (χ3v) is 2.17. The van der Waals surface area contributed by atoms with E-state index in [1.807, 2.05) is 43.3 Å². The van der Waals surface area contributed by atoms with Crippen molar-refractivity contribution in [3.63, 3.8) is 0 Å². The average molecular weight is 191 g/mol. The van der Waals surface area contributed by atoms with Gasteiger partial charge in [0.2, 0.25) is 0 Å². The molecule has 0 aromatic heterocycles. The van der Waals surface area contributed by atoms with E-state index in [1.54, 1.807) is 0 Å². The van der Waals surface area contributed by atoms with E-state index in [2.05, 4.69) is 11.9 Å². The van der Waals surface area contributed by atoms with Gasteiger partial charge in [0.05, 0.1) is 6.10 Å². The molecule has 2 atom stereocenters. The number of rotatable bonds is 5. The number of nitrogens with one attached hydrogen (secondary N) is 1. The van der Waals surface area contributed by atoms with Gasteiger partial charge in [0.25, 0.3) is 0 Å². The molecule has 0 radical (unpaired) electrons. The highest BCUT2D eigenvalue weighted by Crippen LogP contribution is 2.10. The Kier molecular flexibility index (Phi) is 4.36. The zero-order valence-electron chi connectivity index (χ0n) is 8.48. The van der Waals surface area contributed by atoms with Gasteiger partial charge in [-0.15, -0.1) is 6.58 Å². The van der Waals surface area contributed by atoms with Crippen LogP contribution in [0.25, 0.3) is 0 Å². The van der Waals surface area contributed by atoms with Crippen molar-refractivity contribution in [2.45, 2.75) is 19.1 Å². The van der Waals surface area contributed by atoms with E-state index < -0.39 is 6.10 Å². The molecule has 76 valence electrons. The van der Waals surface area contributed by atoms with Crippen LogP contribution in [-0.4, -0.2) is 17.7 Å². The molecule has 0 spiro atoms. The van der Waals surface area contributed by atoms with Gasteiger partial charge in [-0.05, 0) is 12.5 Å². The van der Waals surface area contributed by atoms with Crippen LogP contribution in [0.5, 0.6) is 0 Å². The van der Waals surface area contributed by atoms with E-state index in [9.17, 15) is 5.11 Å². The van der Waals surface area contributed by atoms with Gasteiger partial charge in [-0.3, -0.25) is 0 Å². The van der Waals surface area contributed by atoms with E-state index in [0.29, 0.717) is 6.54 Å². The second-order valence-electron chi connectivity index (χ2n) is 3.36. The molecule has 0 aliphatic heterocycles. The molecule has 2 nitrogen and oxygen atoms in total. The molecule has 1 aromatic carbocycles. The van der Waals surface area contributed by atoms with Gasteiger partial charge in [-0.25, -0.2) is 0 Å². The van der Waals surface area contributed by atoms with Crippen LogP contribution in [-0.2, 0) is 0 Å². The van der Waals surface area contributed by atoms with Crippen molar-refractivity contribution in [2.24, 2.45) is 0 Å². The smallest absolute Gasteiger partial charge is 0.0914 e. The predicted molar refractivity (Wildman–Crippen MR) is 59.1 cm³/mol. The fourth-order valence-electron chi connectivity index (χ4n) is 1.17. The van der Waals surface area contributed by atoms with Gasteiger partial charge in [-0.1, -0.05) is 36.4 Å². The molecule has 2 unspecified atom stereocenters. The lowest BCUT2D eigenvalue weighted by Gasteiger charge is -2.14. The Bertz CT molecular complexity index is 271. The monoisotopic (exact) mass is 191 g/mol. The van der Waals surface area contributed by atoms with Gasteiger partial charge in [0.15, 0.2) is 0 Å². The zero-order valence-corrected chi connectivity index (χ0v) is 8.48. The summed E-state index contributed by atoms with van der Waals surface area (Å²) in [5.41, 5.74) is 0.941. The second-order valence-corrected chi connectivity index (χ2v) is 3.36. The quantitative estimate of drug-likeness (QED) is 0.696. The van der Waals surface area contributed by atoms with Gasteiger partial charge >= 0.3 is 0 Å². The second kappa shape index (κ2) is 5.58. The van der Waals surface area contributed by atoms with Crippen molar-refractivity contribution in [2.75, 3.05) is 6.54 Å². The third kappa shape index (κ3) is 3.32. The summed E-state index contributed by atoms with van der Waals surface area (Å²) in [6.07, 6.45) is 1.37. The van der Waals surface area contributed by atoms with Gasteiger partial charge in [-0.2, -0.15) is 0 Å². The van der Waals surface area contributed by atoms with Crippen molar-refractivity contribution in [1.82, 2.24) is 5.32 Å². The molecular weight excluding hydrogens is 174 g/mol. The maximum atomic E-state index is 9.77. The average Bonchev–Trinajstić information content (AvgIpc) is 2.26. The van der Waals surface area contributed by atoms with E-state index in [4.69, 9.17) is 0 Å². The third-order valence-electron chi connectivity index (χ3n) is 2.17. The van der Waals surface area contributed by atoms with Crippen LogP contribution in [0.15, 0.2) is 43.0 Å². The summed E-state index contributed by atoms with van der Waals surface area (Å²) in [6, 6.07) is 9.87. The Labute approximate surface area is 85.3 Å². The highest BCUT2D eigenvalue weighted by molar-refractivity contribution is 5.17. The Morgan fingerprint density at radius 1 is 1.43 bits per heavy atom. The number of hydrogen-bond donors (Lipinski definition) is 2. The standard InChI is InChI=1S/C12H17NO/c1-3-10(2)13-9-12(14)11-7-5-4-6-8-11/h3-8,10,12-14H,1,9H2,2H3. The summed E-state index contributed by atoms with van der Waals surface area (Å²) in [5.74, 6) is 0. The number of hydrogen-bond acceptors (Lipinski definition) is 2. The number of aliphatic hydroxyl groups excluding tert-OH is 1. The largest absolute Gasteiger partial charge is 0.387 e. The minimum absolute atomic E-state index is 0.230. The molecule has 0 saturated heterocycles. The molecule has 0 bridgehead atoms. The summed E-state index contributed by atoms with van der Waals surface area (Å²) in [6.45, 7) is 6.22. The van der Waals surface area contributed by atoms with Gasteiger partial charge in [0, 0.05) is 12.6 Å². The summed E-state index contributed by atoms with van der Waals surface area (Å²) in [4.78, 5) is 0. The van der Waals surface area contributed by atoms with Crippen LogP contribution in [0.1, 0.15) is 18.6 Å². The summed E-state index contributed by atoms with van der Waals surface area (Å²) in [5, 5.41) is 12.9. The Morgan fingerprint density at radius 2 is 2.07 bits per heavy atom. The van der Waals surface area contributed by atoms with E-state index >= 15 is 0 Å². The minimum atomic E-state index is -0.446. The summed E-state index contributed by atoms with van der Waals surface area (Å²) in [7, 11) is 0. The maximum Gasteiger partial charge on any atom is 0.0914 e. The lowest BCUT2D eigenvalue weighted by atomic mass is 10.1. The topological polar surface area (TPSA) is 32.3 Å². The normalized spacial score (nSPS) is 14.7. The maximum absolute atomic E-state index is 9.77. The van der Waals surface area contributed by atoms with Crippen molar-refractivity contribution < 1.29 is 5.11 Å². The molecule has 0 aliphatic carbocycles. The highest BCUT2D eigenvalue weighted by Gasteiger charge is 2.06. The molecule has 0 fully saturated rings. The molecule has 0 aliphatic rings. The van der Waals surface area contributed by atoms with Crippen molar-refractivity contribution in [3.05, 3.63) is 48.6 Å². The predicted octanol–water partition coefficient (Wildman–Crippen LogP) is 1.88. The molecule has 1 aromatic rings. The minimum Gasteiger partial charge on any atom is -0.387 e. The highest BCUT2D eigenvalue weighted by atomic mass is 16.3. The number of aliphatic hydroxyl groups is 1. The summed E-state index contributed by atoms with van der Waals surface area (Å²) < 4.78 is 0. The molecule has 2 heteroatoms. The van der Waals surface area contributed by atoms with Crippen LogP contribution in [0.4, 0.5) is 0 Å². The molecule has 2 N–H and O–H groups in total. The SMILES string of the molecule is C=CC(C)NCC(O)c1ccccc1. The van der Waals surface area contributed by atoms with Crippen molar-refractivity contribution in [1.29, 1.82) is 0 Å². The van der Waals surface area contributed by atoms with Crippen LogP contribution >= 0.6 is 0 Å². The first-order valence-corrected chi connectivity index (χ1v) is 4.83. The van der Waals surface area contributed by atoms with Crippen LogP contribution in [0, 0.1) is 0 Å². The van der Waals surface area contributed by atoms with Crippen LogP contribution < -0.4 is 5.32 Å². The molecule has 1 rings (SSSR count). The van der Waals surface area contributed by atoms with Crippen LogP contribution in [0.3, 0.4) is 0 Å². The Morgan fingerprint density at radius 3 is 2.64 bits per heavy atom. The first kappa shape index (κ1) is 11.0. The molecule has 0 saturated carbocycles. The van der Waals surface area contributed by atoms with Gasteiger partial charge < -0.3 is 10.4 Å². The van der Waals surface area contributed by atoms with E-state index in [0.717, 1.165) is 5.56 Å². The first-order chi connectivity index (χ1) is 6.74. The van der Waals surface area contributed by atoms with Crippen molar-refractivity contribution in [3.8, 4) is 0 Å². The van der Waals surface area contributed by atoms with Crippen LogP contribution in [0.2, 0.25) is 0 Å². The zero-order chi connectivity index (χ0) is 10.4. The molecular formula is C12H17NO. The summed E-state index contributed by atoms with van der Waals surface area (Å²) >= 11 is 0. The van der Waals surface area contributed by atoms with Crippen molar-refractivity contribution >= 4 is 0 Å². The first-order valence-electron chi connectivity index (χ1n) is 4.83. The Balaban J connectivity index is 2.43. The molecule has 0 heterocycles. The lowest BCUT2D eigenvalue weighted by Crippen LogP contribution is -2.28. The van der Waals surface area contributed by atoms with E-state index in [1.165, 1.54) is 0 Å². The fraction of sp³-hybridized carbons (Fsp3) is 0.333. The molecule has 0 amide bonds. The fourth-order valence-corrected chi connectivity index (χ4v) is 1.17. The molecule has 14 heavy (non-hydrogen) atoms. The lowest BCUT2D eigenvalue weighted by molar-refractivity contribution is 0.173.